The van der Waals surface area contributed by atoms with E-state index in [1.807, 2.05) is 12.1 Å². The first kappa shape index (κ1) is 27.5. The van der Waals surface area contributed by atoms with Gasteiger partial charge < -0.3 is 13.7 Å². The lowest BCUT2D eigenvalue weighted by atomic mass is 9.95. The third-order valence-corrected chi connectivity index (χ3v) is 9.67. The average molecular weight is 628 g/mol. The van der Waals surface area contributed by atoms with Gasteiger partial charge in [0.15, 0.2) is 11.2 Å². The van der Waals surface area contributed by atoms with Crippen LogP contribution in [0.4, 0.5) is 17.1 Å². The van der Waals surface area contributed by atoms with E-state index in [0.717, 1.165) is 77.6 Å². The van der Waals surface area contributed by atoms with Gasteiger partial charge in [-0.05, 0) is 69.4 Å². The third kappa shape index (κ3) is 4.37. The van der Waals surface area contributed by atoms with Gasteiger partial charge in [0.05, 0.1) is 11.4 Å². The molecule has 3 heteroatoms. The first-order chi connectivity index (χ1) is 24.3. The van der Waals surface area contributed by atoms with Gasteiger partial charge in [-0.15, -0.1) is 0 Å². The number of furan rings is 2. The molecule has 0 aliphatic heterocycles. The minimum absolute atomic E-state index is 0.827. The summed E-state index contributed by atoms with van der Waals surface area (Å²) in [5.41, 5.74) is 10.9. The van der Waals surface area contributed by atoms with Crippen molar-refractivity contribution in [3.63, 3.8) is 0 Å². The Morgan fingerprint density at radius 2 is 0.980 bits per heavy atom. The maximum atomic E-state index is 6.97. The van der Waals surface area contributed by atoms with Crippen LogP contribution < -0.4 is 4.90 Å². The second-order valence-electron chi connectivity index (χ2n) is 12.5. The number of fused-ring (bicyclic) bond motifs is 8. The summed E-state index contributed by atoms with van der Waals surface area (Å²) in [6, 6.07) is 61.8. The molecule has 0 bridgehead atoms. The number of hydrogen-bond acceptors (Lipinski definition) is 3. The van der Waals surface area contributed by atoms with Gasteiger partial charge in [-0.1, -0.05) is 140 Å². The maximum absolute atomic E-state index is 6.97. The van der Waals surface area contributed by atoms with Crippen LogP contribution in [0.5, 0.6) is 0 Å². The Balaban J connectivity index is 1.30. The van der Waals surface area contributed by atoms with Crippen molar-refractivity contribution < 1.29 is 8.83 Å². The van der Waals surface area contributed by atoms with E-state index in [-0.39, 0.29) is 0 Å². The van der Waals surface area contributed by atoms with Crippen LogP contribution in [0.1, 0.15) is 0 Å². The Kier molecular flexibility index (Phi) is 6.18. The second-order valence-corrected chi connectivity index (χ2v) is 12.5. The lowest BCUT2D eigenvalue weighted by Crippen LogP contribution is -2.10. The molecule has 0 amide bonds. The Labute approximate surface area is 282 Å². The molecule has 2 heterocycles. The maximum Gasteiger partial charge on any atom is 0.160 e. The number of hydrogen-bond donors (Lipinski definition) is 0. The van der Waals surface area contributed by atoms with Gasteiger partial charge in [-0.2, -0.15) is 0 Å². The molecule has 0 fully saturated rings. The lowest BCUT2D eigenvalue weighted by molar-refractivity contribution is 0.666. The van der Waals surface area contributed by atoms with Crippen molar-refractivity contribution in [2.24, 2.45) is 0 Å². The number of nitrogens with zero attached hydrogens (tertiary/aromatic N) is 1. The van der Waals surface area contributed by atoms with E-state index in [1.54, 1.807) is 0 Å². The van der Waals surface area contributed by atoms with Crippen molar-refractivity contribution in [1.82, 2.24) is 0 Å². The zero-order valence-corrected chi connectivity index (χ0v) is 26.5. The lowest BCUT2D eigenvalue weighted by Gasteiger charge is -2.26. The summed E-state index contributed by atoms with van der Waals surface area (Å²) >= 11 is 0. The minimum atomic E-state index is 0.827. The smallest absolute Gasteiger partial charge is 0.160 e. The van der Waals surface area contributed by atoms with Gasteiger partial charge in [-0.3, -0.25) is 0 Å². The zero-order valence-electron chi connectivity index (χ0n) is 26.5. The summed E-state index contributed by atoms with van der Waals surface area (Å²) in [6.45, 7) is 0. The SMILES string of the molecule is c1ccc(-c2ccc(N(c3cccc4c3oc3ccccc34)c3ccc(-c4ccccc4)c4c3oc3ccc5ccccc5c34)cc2)cc1. The van der Waals surface area contributed by atoms with E-state index in [0.29, 0.717) is 0 Å². The van der Waals surface area contributed by atoms with Gasteiger partial charge >= 0.3 is 0 Å². The highest BCUT2D eigenvalue weighted by Crippen LogP contribution is 2.49. The molecule has 49 heavy (non-hydrogen) atoms. The van der Waals surface area contributed by atoms with Crippen LogP contribution in [0.3, 0.4) is 0 Å². The average Bonchev–Trinajstić information content (AvgIpc) is 3.76. The Bertz CT molecular complexity index is 2810. The summed E-state index contributed by atoms with van der Waals surface area (Å²) in [5.74, 6) is 0. The molecular formula is C46H29NO2. The van der Waals surface area contributed by atoms with Gasteiger partial charge in [0.25, 0.3) is 0 Å². The number of rotatable bonds is 5. The van der Waals surface area contributed by atoms with Crippen LogP contribution in [-0.4, -0.2) is 0 Å². The van der Waals surface area contributed by atoms with E-state index >= 15 is 0 Å². The fourth-order valence-electron chi connectivity index (χ4n) is 7.41. The van der Waals surface area contributed by atoms with E-state index in [4.69, 9.17) is 8.83 Å². The molecular weight excluding hydrogens is 599 g/mol. The molecule has 10 aromatic rings. The standard InChI is InChI=1S/C46H29NO2/c1-3-12-30(13-4-1)31-22-25-34(26-23-31)47(39-20-11-19-38-37-18-9-10-21-41(37)48-45(38)39)40-28-27-36(32-14-5-2-6-15-32)44-43-35-17-8-7-16-33(35)24-29-42(43)49-46(40)44/h1-29H. The molecule has 0 saturated carbocycles. The van der Waals surface area contributed by atoms with Crippen molar-refractivity contribution >= 4 is 71.7 Å². The quantitative estimate of drug-likeness (QED) is 0.190. The monoisotopic (exact) mass is 627 g/mol. The van der Waals surface area contributed by atoms with Gasteiger partial charge in [0.2, 0.25) is 0 Å². The van der Waals surface area contributed by atoms with Crippen molar-refractivity contribution in [3.05, 3.63) is 176 Å². The number of para-hydroxylation sites is 2. The summed E-state index contributed by atoms with van der Waals surface area (Å²) in [4.78, 5) is 2.29. The van der Waals surface area contributed by atoms with Crippen LogP contribution >= 0.6 is 0 Å². The van der Waals surface area contributed by atoms with Crippen molar-refractivity contribution in [2.75, 3.05) is 4.90 Å². The van der Waals surface area contributed by atoms with E-state index in [1.165, 1.54) is 16.3 Å². The van der Waals surface area contributed by atoms with Crippen molar-refractivity contribution in [2.45, 2.75) is 0 Å². The summed E-state index contributed by atoms with van der Waals surface area (Å²) in [7, 11) is 0. The van der Waals surface area contributed by atoms with Gasteiger partial charge in [0, 0.05) is 27.2 Å². The zero-order chi connectivity index (χ0) is 32.3. The van der Waals surface area contributed by atoms with E-state index in [2.05, 4.69) is 169 Å². The normalized spacial score (nSPS) is 11.7. The molecule has 0 atom stereocenters. The van der Waals surface area contributed by atoms with Crippen LogP contribution in [0.25, 0.3) is 76.9 Å². The second kappa shape index (κ2) is 11.0. The molecule has 3 nitrogen and oxygen atoms in total. The molecule has 0 aliphatic rings. The Morgan fingerprint density at radius 3 is 1.80 bits per heavy atom. The van der Waals surface area contributed by atoms with Crippen LogP contribution in [0.15, 0.2) is 185 Å². The Hall–Kier alpha value is -6.58. The molecule has 2 aromatic heterocycles. The summed E-state index contributed by atoms with van der Waals surface area (Å²) in [5, 5.41) is 6.74. The fraction of sp³-hybridized carbons (Fsp3) is 0. The van der Waals surface area contributed by atoms with E-state index in [9.17, 15) is 0 Å². The first-order valence-electron chi connectivity index (χ1n) is 16.6. The highest BCUT2D eigenvalue weighted by molar-refractivity contribution is 6.25. The van der Waals surface area contributed by atoms with Crippen LogP contribution in [-0.2, 0) is 0 Å². The molecule has 0 unspecified atom stereocenters. The summed E-state index contributed by atoms with van der Waals surface area (Å²) in [6.07, 6.45) is 0. The summed E-state index contributed by atoms with van der Waals surface area (Å²) < 4.78 is 13.6. The predicted octanol–water partition coefficient (Wildman–Crippen LogP) is 13.4. The minimum Gasteiger partial charge on any atom is -0.454 e. The van der Waals surface area contributed by atoms with Crippen LogP contribution in [0, 0.1) is 0 Å². The molecule has 0 radical (unpaired) electrons. The molecule has 0 aliphatic carbocycles. The highest BCUT2D eigenvalue weighted by atomic mass is 16.3. The molecule has 230 valence electrons. The fourth-order valence-corrected chi connectivity index (χ4v) is 7.41. The molecule has 0 saturated heterocycles. The number of anilines is 3. The molecule has 10 rings (SSSR count). The third-order valence-electron chi connectivity index (χ3n) is 9.67. The first-order valence-corrected chi connectivity index (χ1v) is 16.6. The van der Waals surface area contributed by atoms with Crippen molar-refractivity contribution in [1.29, 1.82) is 0 Å². The van der Waals surface area contributed by atoms with E-state index < -0.39 is 0 Å². The van der Waals surface area contributed by atoms with Gasteiger partial charge in [-0.25, -0.2) is 0 Å². The Morgan fingerprint density at radius 1 is 0.347 bits per heavy atom. The topological polar surface area (TPSA) is 29.5 Å². The molecule has 0 N–H and O–H groups in total. The van der Waals surface area contributed by atoms with Gasteiger partial charge in [0.1, 0.15) is 11.2 Å². The largest absolute Gasteiger partial charge is 0.454 e. The number of benzene rings is 8. The van der Waals surface area contributed by atoms with Crippen LogP contribution in [0.2, 0.25) is 0 Å². The predicted molar refractivity (Wildman–Crippen MR) is 204 cm³/mol. The van der Waals surface area contributed by atoms with Crippen molar-refractivity contribution in [3.8, 4) is 22.3 Å². The molecule has 0 spiro atoms. The molecule has 8 aromatic carbocycles. The highest BCUT2D eigenvalue weighted by Gasteiger charge is 2.25.